The third-order valence-corrected chi connectivity index (χ3v) is 5.08. The van der Waals surface area contributed by atoms with Gasteiger partial charge in [-0.15, -0.1) is 10.2 Å². The maximum Gasteiger partial charge on any atom is 0.414 e. The number of rotatable bonds is 11. The summed E-state index contributed by atoms with van der Waals surface area (Å²) in [7, 11) is 1.47. The zero-order valence-corrected chi connectivity index (χ0v) is 19.2. The minimum Gasteiger partial charge on any atom is -0.442 e. The Hall–Kier alpha value is -3.81. The minimum absolute atomic E-state index is 0.116. The first-order chi connectivity index (χ1) is 16.3. The predicted octanol–water partition coefficient (Wildman–Crippen LogP) is 0.190. The van der Waals surface area contributed by atoms with Gasteiger partial charge in [0.2, 0.25) is 5.91 Å². The molecule has 0 saturated carbocycles. The van der Waals surface area contributed by atoms with Crippen molar-refractivity contribution in [3.63, 3.8) is 0 Å². The predicted molar refractivity (Wildman–Crippen MR) is 117 cm³/mol. The second-order valence-corrected chi connectivity index (χ2v) is 7.46. The Kier molecular flexibility index (Phi) is 8.29. The number of tetrazole rings is 1. The molecule has 0 radical (unpaired) electrons. The van der Waals surface area contributed by atoms with E-state index in [9.17, 15) is 18.8 Å². The first kappa shape index (κ1) is 24.8. The van der Waals surface area contributed by atoms with E-state index in [2.05, 4.69) is 20.7 Å². The van der Waals surface area contributed by atoms with Crippen molar-refractivity contribution in [1.82, 2.24) is 30.6 Å². The van der Waals surface area contributed by atoms with Crippen LogP contribution in [0.1, 0.15) is 13.8 Å². The zero-order chi connectivity index (χ0) is 24.7. The summed E-state index contributed by atoms with van der Waals surface area (Å²) in [6, 6.07) is 4.47. The van der Waals surface area contributed by atoms with Crippen molar-refractivity contribution < 1.29 is 28.3 Å². The largest absolute Gasteiger partial charge is 0.442 e. The number of halogens is 1. The average molecular weight is 478 g/mol. The number of carbonyl (C=O) groups is 3. The number of cyclic esters (lactones) is 1. The number of nitrogens with zero attached hydrogens (tertiary/aromatic N) is 7. The van der Waals surface area contributed by atoms with E-state index >= 15 is 0 Å². The van der Waals surface area contributed by atoms with Crippen LogP contribution in [0.5, 0.6) is 0 Å². The Bertz CT molecular complexity index is 1000. The van der Waals surface area contributed by atoms with Gasteiger partial charge in [-0.05, 0) is 30.3 Å². The Labute approximate surface area is 195 Å². The third kappa shape index (κ3) is 6.37. The Morgan fingerprint density at radius 2 is 2.18 bits per heavy atom. The van der Waals surface area contributed by atoms with Crippen molar-refractivity contribution >= 4 is 29.3 Å². The highest BCUT2D eigenvalue weighted by Crippen LogP contribution is 2.28. The lowest BCUT2D eigenvalue weighted by molar-refractivity contribution is -0.178. The van der Waals surface area contributed by atoms with Gasteiger partial charge in [0.1, 0.15) is 18.5 Å². The molecule has 2 heterocycles. The molecule has 0 unspecified atom stereocenters. The maximum atomic E-state index is 14.9. The average Bonchev–Trinajstić information content (AvgIpc) is 3.44. The number of amides is 3. The van der Waals surface area contributed by atoms with Gasteiger partial charge in [0.05, 0.1) is 31.1 Å². The Morgan fingerprint density at radius 3 is 2.82 bits per heavy atom. The number of likely N-dealkylation sites (N-methyl/N-ethyl adjacent to an activating group) is 2. The molecule has 14 heteroatoms. The van der Waals surface area contributed by atoms with Crippen LogP contribution in [0.15, 0.2) is 24.5 Å². The highest BCUT2D eigenvalue weighted by atomic mass is 19.1. The molecule has 13 nitrogen and oxygen atoms in total. The summed E-state index contributed by atoms with van der Waals surface area (Å²) < 4.78 is 20.2. The van der Waals surface area contributed by atoms with Crippen molar-refractivity contribution in [3.05, 3.63) is 30.3 Å². The van der Waals surface area contributed by atoms with Crippen molar-refractivity contribution in [2.75, 3.05) is 49.6 Å². The van der Waals surface area contributed by atoms with Crippen LogP contribution in [-0.4, -0.2) is 89.1 Å². The number of nitrogens with one attached hydrogen (secondary N) is 1. The molecule has 184 valence electrons. The number of ether oxygens (including phenoxy) is 1. The molecular formula is C20H27FN8O5. The molecule has 1 N–H and O–H groups in total. The summed E-state index contributed by atoms with van der Waals surface area (Å²) >= 11 is 0. The summed E-state index contributed by atoms with van der Waals surface area (Å²) in [6.07, 6.45) is 0.115. The standard InChI is InChI=1S/C20H27FN8O5/c1-4-27(7-8-33-26(3)19(31)12-29-24-13-23-25-29)18-6-5-15(9-17(18)21)28-11-16(34-20(28)32)10-22-14(2)30/h5-6,9,13,16H,4,7-8,10-12H2,1-3H3,(H,22,30)/t16-/m0/s1. The van der Waals surface area contributed by atoms with Crippen molar-refractivity contribution in [2.24, 2.45) is 0 Å². The van der Waals surface area contributed by atoms with Crippen molar-refractivity contribution in [3.8, 4) is 0 Å². The van der Waals surface area contributed by atoms with E-state index in [1.807, 2.05) is 6.92 Å². The number of anilines is 2. The normalized spacial score (nSPS) is 15.2. The molecule has 1 saturated heterocycles. The fraction of sp³-hybridized carbons (Fsp3) is 0.500. The van der Waals surface area contributed by atoms with Gasteiger partial charge in [-0.1, -0.05) is 0 Å². The molecule has 1 fully saturated rings. The molecule has 3 rings (SSSR count). The van der Waals surface area contributed by atoms with Gasteiger partial charge in [-0.3, -0.25) is 19.3 Å². The topological polar surface area (TPSA) is 135 Å². The molecule has 0 aliphatic carbocycles. The fourth-order valence-corrected chi connectivity index (χ4v) is 3.31. The van der Waals surface area contributed by atoms with Crippen LogP contribution in [0.2, 0.25) is 0 Å². The van der Waals surface area contributed by atoms with Crippen molar-refractivity contribution in [1.29, 1.82) is 0 Å². The summed E-state index contributed by atoms with van der Waals surface area (Å²) in [6.45, 7) is 4.45. The molecule has 1 aromatic carbocycles. The van der Waals surface area contributed by atoms with E-state index in [1.165, 1.54) is 31.3 Å². The van der Waals surface area contributed by atoms with Crippen LogP contribution in [0, 0.1) is 5.82 Å². The molecule has 1 aliphatic heterocycles. The van der Waals surface area contributed by atoms with Crippen LogP contribution in [0.3, 0.4) is 0 Å². The van der Waals surface area contributed by atoms with Crippen molar-refractivity contribution in [2.45, 2.75) is 26.5 Å². The molecule has 1 aromatic heterocycles. The SMILES string of the molecule is CCN(CCON(C)C(=O)Cn1ncnn1)c1ccc(N2C[C@H](CNC(C)=O)OC2=O)cc1F. The summed E-state index contributed by atoms with van der Waals surface area (Å²) in [5.74, 6) is -1.11. The van der Waals surface area contributed by atoms with Crippen LogP contribution >= 0.6 is 0 Å². The van der Waals surface area contributed by atoms with Gasteiger partial charge in [-0.2, -0.15) is 4.80 Å². The van der Waals surface area contributed by atoms with Gasteiger partial charge in [0.25, 0.3) is 5.91 Å². The monoisotopic (exact) mass is 478 g/mol. The molecule has 3 amide bonds. The van der Waals surface area contributed by atoms with Gasteiger partial charge < -0.3 is 15.0 Å². The number of benzene rings is 1. The Balaban J connectivity index is 1.54. The fourth-order valence-electron chi connectivity index (χ4n) is 3.31. The second kappa shape index (κ2) is 11.4. The molecular weight excluding hydrogens is 451 g/mol. The third-order valence-electron chi connectivity index (χ3n) is 5.08. The van der Waals surface area contributed by atoms with Crippen LogP contribution < -0.4 is 15.1 Å². The van der Waals surface area contributed by atoms with E-state index < -0.39 is 18.0 Å². The molecule has 1 atom stereocenters. The number of hydrogen-bond donors (Lipinski definition) is 1. The van der Waals surface area contributed by atoms with E-state index in [0.29, 0.717) is 24.5 Å². The quantitative estimate of drug-likeness (QED) is 0.449. The molecule has 0 bridgehead atoms. The lowest BCUT2D eigenvalue weighted by Gasteiger charge is -2.25. The van der Waals surface area contributed by atoms with Crippen LogP contribution in [0.25, 0.3) is 0 Å². The number of hydrogen-bond acceptors (Lipinski definition) is 9. The molecule has 1 aliphatic rings. The number of hydroxylamine groups is 2. The van der Waals surface area contributed by atoms with E-state index in [4.69, 9.17) is 9.57 Å². The first-order valence-electron chi connectivity index (χ1n) is 10.7. The van der Waals surface area contributed by atoms with Gasteiger partial charge in [-0.25, -0.2) is 14.2 Å². The van der Waals surface area contributed by atoms with E-state index in [1.54, 1.807) is 17.0 Å². The van der Waals surface area contributed by atoms with Gasteiger partial charge >= 0.3 is 6.09 Å². The number of aromatic nitrogens is 4. The second-order valence-electron chi connectivity index (χ2n) is 7.46. The van der Waals surface area contributed by atoms with Crippen LogP contribution in [-0.2, 0) is 25.7 Å². The maximum absolute atomic E-state index is 14.9. The first-order valence-corrected chi connectivity index (χ1v) is 10.7. The lowest BCUT2D eigenvalue weighted by Crippen LogP contribution is -2.35. The zero-order valence-electron chi connectivity index (χ0n) is 19.2. The molecule has 2 aromatic rings. The Morgan fingerprint density at radius 1 is 1.38 bits per heavy atom. The molecule has 34 heavy (non-hydrogen) atoms. The van der Waals surface area contributed by atoms with Gasteiger partial charge in [0, 0.05) is 27.1 Å². The van der Waals surface area contributed by atoms with E-state index in [-0.39, 0.29) is 38.1 Å². The summed E-state index contributed by atoms with van der Waals surface area (Å²) in [4.78, 5) is 45.0. The van der Waals surface area contributed by atoms with E-state index in [0.717, 1.165) is 9.86 Å². The smallest absolute Gasteiger partial charge is 0.414 e. The van der Waals surface area contributed by atoms with Crippen LogP contribution in [0.4, 0.5) is 20.6 Å². The number of carbonyl (C=O) groups excluding carboxylic acids is 3. The highest BCUT2D eigenvalue weighted by molar-refractivity contribution is 5.90. The highest BCUT2D eigenvalue weighted by Gasteiger charge is 2.32. The summed E-state index contributed by atoms with van der Waals surface area (Å²) in [5.41, 5.74) is 0.689. The summed E-state index contributed by atoms with van der Waals surface area (Å²) in [5, 5.41) is 14.6. The minimum atomic E-state index is -0.600. The lowest BCUT2D eigenvalue weighted by atomic mass is 10.2. The van der Waals surface area contributed by atoms with Gasteiger partial charge in [0.15, 0.2) is 6.33 Å². The molecule has 0 spiro atoms.